The number of hydrogen-bond donors (Lipinski definition) is 1. The van der Waals surface area contributed by atoms with Crippen LogP contribution in [0.25, 0.3) is 0 Å². The first-order valence-electron chi connectivity index (χ1n) is 7.89. The molecule has 1 N–H and O–H groups in total. The van der Waals surface area contributed by atoms with Gasteiger partial charge in [0.2, 0.25) is 5.91 Å². The second-order valence-electron chi connectivity index (χ2n) is 5.59. The maximum atomic E-state index is 12.6. The minimum absolute atomic E-state index is 0.0449. The fraction of sp³-hybridized carbons (Fsp3) is 0.316. The predicted molar refractivity (Wildman–Crippen MR) is 88.4 cm³/mol. The number of ether oxygens (including phenoxy) is 1. The fourth-order valence-corrected chi connectivity index (χ4v) is 3.06. The van der Waals surface area contributed by atoms with Crippen molar-refractivity contribution in [2.75, 3.05) is 11.9 Å². The molecule has 1 amide bonds. The lowest BCUT2D eigenvalue weighted by Gasteiger charge is -2.24. The standard InChI is InChI=1S/C19H21NO2/c1-2-22-16-12-10-15(11-13-16)20-19(21)18-9-5-7-14-6-3-4-8-17(14)18/h3-4,6,8,10-13,18H,2,5,7,9H2,1H3,(H,20,21)/t18-/m1/s1. The zero-order valence-electron chi connectivity index (χ0n) is 12.8. The second kappa shape index (κ2) is 6.65. The molecule has 0 saturated heterocycles. The molecule has 0 bridgehead atoms. The zero-order chi connectivity index (χ0) is 15.4. The van der Waals surface area contributed by atoms with Crippen LogP contribution in [0.4, 0.5) is 5.69 Å². The van der Waals surface area contributed by atoms with Crippen LogP contribution in [0.3, 0.4) is 0 Å². The molecule has 1 aliphatic rings. The highest BCUT2D eigenvalue weighted by molar-refractivity contribution is 5.96. The van der Waals surface area contributed by atoms with Crippen molar-refractivity contribution < 1.29 is 9.53 Å². The summed E-state index contributed by atoms with van der Waals surface area (Å²) in [7, 11) is 0. The third-order valence-electron chi connectivity index (χ3n) is 4.12. The quantitative estimate of drug-likeness (QED) is 0.920. The van der Waals surface area contributed by atoms with Crippen LogP contribution < -0.4 is 10.1 Å². The van der Waals surface area contributed by atoms with Crippen molar-refractivity contribution >= 4 is 11.6 Å². The van der Waals surface area contributed by atoms with Crippen molar-refractivity contribution in [2.45, 2.75) is 32.1 Å². The van der Waals surface area contributed by atoms with Crippen LogP contribution in [0.15, 0.2) is 48.5 Å². The van der Waals surface area contributed by atoms with Gasteiger partial charge in [0, 0.05) is 5.69 Å². The van der Waals surface area contributed by atoms with Gasteiger partial charge in [-0.05, 0) is 61.6 Å². The third-order valence-corrected chi connectivity index (χ3v) is 4.12. The predicted octanol–water partition coefficient (Wildman–Crippen LogP) is 4.14. The number of aryl methyl sites for hydroxylation is 1. The summed E-state index contributed by atoms with van der Waals surface area (Å²) in [6.45, 7) is 2.60. The second-order valence-corrected chi connectivity index (χ2v) is 5.59. The lowest BCUT2D eigenvalue weighted by Crippen LogP contribution is -2.24. The molecule has 0 fully saturated rings. The number of nitrogens with one attached hydrogen (secondary N) is 1. The van der Waals surface area contributed by atoms with E-state index in [4.69, 9.17) is 4.74 Å². The van der Waals surface area contributed by atoms with E-state index in [0.717, 1.165) is 30.7 Å². The smallest absolute Gasteiger partial charge is 0.231 e. The van der Waals surface area contributed by atoms with E-state index in [-0.39, 0.29) is 11.8 Å². The summed E-state index contributed by atoms with van der Waals surface area (Å²) in [4.78, 5) is 12.6. The Morgan fingerprint density at radius 1 is 1.18 bits per heavy atom. The molecule has 1 atom stereocenters. The van der Waals surface area contributed by atoms with Crippen molar-refractivity contribution in [3.05, 3.63) is 59.7 Å². The first kappa shape index (κ1) is 14.6. The molecule has 22 heavy (non-hydrogen) atoms. The highest BCUT2D eigenvalue weighted by Crippen LogP contribution is 2.32. The molecule has 0 aliphatic heterocycles. The highest BCUT2D eigenvalue weighted by Gasteiger charge is 2.26. The highest BCUT2D eigenvalue weighted by atomic mass is 16.5. The van der Waals surface area contributed by atoms with E-state index in [1.165, 1.54) is 11.1 Å². The maximum absolute atomic E-state index is 12.6. The van der Waals surface area contributed by atoms with Gasteiger partial charge in [0.15, 0.2) is 0 Å². The largest absolute Gasteiger partial charge is 0.494 e. The van der Waals surface area contributed by atoms with Crippen LogP contribution in [0.2, 0.25) is 0 Å². The average molecular weight is 295 g/mol. The van der Waals surface area contributed by atoms with Crippen molar-refractivity contribution in [2.24, 2.45) is 0 Å². The Labute approximate surface area is 131 Å². The minimum atomic E-state index is -0.0449. The Kier molecular flexibility index (Phi) is 4.42. The summed E-state index contributed by atoms with van der Waals surface area (Å²) in [5.41, 5.74) is 3.30. The van der Waals surface area contributed by atoms with E-state index in [1.54, 1.807) is 0 Å². The molecular formula is C19H21NO2. The molecule has 0 saturated carbocycles. The number of benzene rings is 2. The summed E-state index contributed by atoms with van der Waals surface area (Å²) in [5.74, 6) is 0.858. The van der Waals surface area contributed by atoms with Gasteiger partial charge in [0.1, 0.15) is 5.75 Å². The first-order chi connectivity index (χ1) is 10.8. The van der Waals surface area contributed by atoms with Gasteiger partial charge in [-0.15, -0.1) is 0 Å². The molecule has 1 aliphatic carbocycles. The van der Waals surface area contributed by atoms with Crippen molar-refractivity contribution in [3.8, 4) is 5.75 Å². The molecule has 3 nitrogen and oxygen atoms in total. The zero-order valence-corrected chi connectivity index (χ0v) is 12.8. The summed E-state index contributed by atoms with van der Waals surface area (Å²) >= 11 is 0. The van der Waals surface area contributed by atoms with Crippen molar-refractivity contribution in [1.82, 2.24) is 0 Å². The molecule has 0 unspecified atom stereocenters. The average Bonchev–Trinajstić information content (AvgIpc) is 2.56. The number of hydrogen-bond acceptors (Lipinski definition) is 2. The molecule has 0 aromatic heterocycles. The van der Waals surface area contributed by atoms with E-state index in [0.29, 0.717) is 6.61 Å². The van der Waals surface area contributed by atoms with Crippen LogP contribution in [0.5, 0.6) is 5.75 Å². The van der Waals surface area contributed by atoms with Crippen molar-refractivity contribution in [3.63, 3.8) is 0 Å². The topological polar surface area (TPSA) is 38.3 Å². The fourth-order valence-electron chi connectivity index (χ4n) is 3.06. The molecular weight excluding hydrogens is 274 g/mol. The Morgan fingerprint density at radius 2 is 1.95 bits per heavy atom. The number of anilines is 1. The molecule has 3 rings (SSSR count). The molecule has 0 spiro atoms. The number of carbonyl (C=O) groups is 1. The van der Waals surface area contributed by atoms with Gasteiger partial charge < -0.3 is 10.1 Å². The summed E-state index contributed by atoms with van der Waals surface area (Å²) in [6, 6.07) is 15.8. The van der Waals surface area contributed by atoms with Gasteiger partial charge in [0.25, 0.3) is 0 Å². The van der Waals surface area contributed by atoms with Gasteiger partial charge in [-0.1, -0.05) is 24.3 Å². The van der Waals surface area contributed by atoms with Crippen LogP contribution in [0, 0.1) is 0 Å². The Bertz CT molecular complexity index is 649. The SMILES string of the molecule is CCOc1ccc(NC(=O)[C@@H]2CCCc3ccccc32)cc1. The number of carbonyl (C=O) groups excluding carboxylic acids is 1. The van der Waals surface area contributed by atoms with Crippen LogP contribution in [0.1, 0.15) is 36.8 Å². The Hall–Kier alpha value is -2.29. The van der Waals surface area contributed by atoms with E-state index in [1.807, 2.05) is 43.3 Å². The number of rotatable bonds is 4. The summed E-state index contributed by atoms with van der Waals surface area (Å²) in [6.07, 6.45) is 3.06. The van der Waals surface area contributed by atoms with Gasteiger partial charge in [-0.2, -0.15) is 0 Å². The van der Waals surface area contributed by atoms with Gasteiger partial charge in [-0.3, -0.25) is 4.79 Å². The monoisotopic (exact) mass is 295 g/mol. The Morgan fingerprint density at radius 3 is 2.73 bits per heavy atom. The van der Waals surface area contributed by atoms with Gasteiger partial charge >= 0.3 is 0 Å². The molecule has 0 heterocycles. The van der Waals surface area contributed by atoms with E-state index in [9.17, 15) is 4.79 Å². The third kappa shape index (κ3) is 3.14. The summed E-state index contributed by atoms with van der Waals surface area (Å²) in [5, 5.41) is 3.03. The summed E-state index contributed by atoms with van der Waals surface area (Å²) < 4.78 is 5.42. The normalized spacial score (nSPS) is 16.7. The molecule has 0 radical (unpaired) electrons. The lowest BCUT2D eigenvalue weighted by molar-refractivity contribution is -0.117. The van der Waals surface area contributed by atoms with Crippen LogP contribution in [-0.4, -0.2) is 12.5 Å². The van der Waals surface area contributed by atoms with Crippen LogP contribution in [-0.2, 0) is 11.2 Å². The van der Waals surface area contributed by atoms with Crippen molar-refractivity contribution in [1.29, 1.82) is 0 Å². The lowest BCUT2D eigenvalue weighted by atomic mass is 9.82. The Balaban J connectivity index is 1.72. The molecule has 114 valence electrons. The number of amides is 1. The van der Waals surface area contributed by atoms with Gasteiger partial charge in [0.05, 0.1) is 12.5 Å². The van der Waals surface area contributed by atoms with Crippen LogP contribution >= 0.6 is 0 Å². The van der Waals surface area contributed by atoms with E-state index < -0.39 is 0 Å². The number of fused-ring (bicyclic) bond motifs is 1. The molecule has 3 heteroatoms. The van der Waals surface area contributed by atoms with E-state index in [2.05, 4.69) is 17.4 Å². The molecule has 2 aromatic rings. The van der Waals surface area contributed by atoms with E-state index >= 15 is 0 Å². The minimum Gasteiger partial charge on any atom is -0.494 e. The van der Waals surface area contributed by atoms with Gasteiger partial charge in [-0.25, -0.2) is 0 Å². The maximum Gasteiger partial charge on any atom is 0.231 e. The first-order valence-corrected chi connectivity index (χ1v) is 7.89. The molecule has 2 aromatic carbocycles.